The zero-order valence-electron chi connectivity index (χ0n) is 12.6. The average Bonchev–Trinajstić information content (AvgIpc) is 2.98. The van der Waals surface area contributed by atoms with Gasteiger partial charge in [-0.2, -0.15) is 0 Å². The molecule has 1 aliphatic carbocycles. The number of hydrogen-bond acceptors (Lipinski definition) is 3. The van der Waals surface area contributed by atoms with Gasteiger partial charge in [0.15, 0.2) is 5.13 Å². The first-order chi connectivity index (χ1) is 11.2. The van der Waals surface area contributed by atoms with E-state index >= 15 is 0 Å². The largest absolute Gasteiger partial charge is 0.302 e. The van der Waals surface area contributed by atoms with Crippen molar-refractivity contribution in [1.29, 1.82) is 0 Å². The van der Waals surface area contributed by atoms with Crippen LogP contribution in [0.2, 0.25) is 0 Å². The van der Waals surface area contributed by atoms with E-state index in [0.717, 1.165) is 46.7 Å². The van der Waals surface area contributed by atoms with Gasteiger partial charge in [0, 0.05) is 11.3 Å². The zero-order chi connectivity index (χ0) is 15.8. The van der Waals surface area contributed by atoms with E-state index in [4.69, 9.17) is 0 Å². The minimum atomic E-state index is -0.243. The van der Waals surface area contributed by atoms with Gasteiger partial charge in [-0.25, -0.2) is 9.37 Å². The predicted octanol–water partition coefficient (Wildman–Crippen LogP) is 5.11. The monoisotopic (exact) mass is 328 g/mol. The van der Waals surface area contributed by atoms with Crippen LogP contribution in [0.25, 0.3) is 21.0 Å². The third-order valence-electron chi connectivity index (χ3n) is 4.54. The topological polar surface area (TPSA) is 42.0 Å². The molecule has 118 valence electrons. The molecule has 0 unspecified atom stereocenters. The van der Waals surface area contributed by atoms with Crippen molar-refractivity contribution in [3.63, 3.8) is 0 Å². The molecule has 0 saturated heterocycles. The molecule has 1 aromatic heterocycles. The van der Waals surface area contributed by atoms with E-state index < -0.39 is 0 Å². The highest BCUT2D eigenvalue weighted by molar-refractivity contribution is 7.23. The Hall–Kier alpha value is -2.01. The number of benzene rings is 2. The number of nitrogens with zero attached hydrogens (tertiary/aromatic N) is 1. The molecule has 5 heteroatoms. The SMILES string of the molecule is O=C(Nc1nc2ccc3cc(F)ccc3c2s1)C1CCCCC1. The number of thiazole rings is 1. The van der Waals surface area contributed by atoms with E-state index in [1.807, 2.05) is 12.1 Å². The molecule has 1 N–H and O–H groups in total. The van der Waals surface area contributed by atoms with Crippen LogP contribution in [0, 0.1) is 11.7 Å². The van der Waals surface area contributed by atoms with E-state index in [1.165, 1.54) is 29.9 Å². The molecule has 23 heavy (non-hydrogen) atoms. The molecule has 1 heterocycles. The van der Waals surface area contributed by atoms with E-state index in [2.05, 4.69) is 10.3 Å². The van der Waals surface area contributed by atoms with Crippen molar-refractivity contribution in [2.24, 2.45) is 5.92 Å². The Labute approximate surface area is 137 Å². The van der Waals surface area contributed by atoms with Crippen LogP contribution >= 0.6 is 11.3 Å². The summed E-state index contributed by atoms with van der Waals surface area (Å²) in [6.07, 6.45) is 5.44. The third-order valence-corrected chi connectivity index (χ3v) is 5.56. The Balaban J connectivity index is 1.66. The Morgan fingerprint density at radius 3 is 2.83 bits per heavy atom. The van der Waals surface area contributed by atoms with Crippen molar-refractivity contribution in [2.45, 2.75) is 32.1 Å². The van der Waals surface area contributed by atoms with Crippen LogP contribution in [-0.2, 0) is 4.79 Å². The van der Waals surface area contributed by atoms with Gasteiger partial charge in [0.1, 0.15) is 5.82 Å². The number of hydrogen-bond donors (Lipinski definition) is 1. The second-order valence-corrected chi connectivity index (χ2v) is 7.12. The normalized spacial score (nSPS) is 16.0. The van der Waals surface area contributed by atoms with Crippen LogP contribution in [0.5, 0.6) is 0 Å². The summed E-state index contributed by atoms with van der Waals surface area (Å²) in [5, 5.41) is 5.43. The second-order valence-electron chi connectivity index (χ2n) is 6.12. The predicted molar refractivity (Wildman–Crippen MR) is 92.3 cm³/mol. The molecule has 0 spiro atoms. The highest BCUT2D eigenvalue weighted by Crippen LogP contribution is 2.34. The van der Waals surface area contributed by atoms with Gasteiger partial charge in [-0.1, -0.05) is 36.7 Å². The molecule has 0 aliphatic heterocycles. The van der Waals surface area contributed by atoms with E-state index in [-0.39, 0.29) is 17.6 Å². The number of aromatic nitrogens is 1. The van der Waals surface area contributed by atoms with E-state index in [1.54, 1.807) is 6.07 Å². The molecule has 0 bridgehead atoms. The number of fused-ring (bicyclic) bond motifs is 3. The molecule has 3 aromatic rings. The summed E-state index contributed by atoms with van der Waals surface area (Å²) in [6, 6.07) is 8.51. The molecule has 0 radical (unpaired) electrons. The number of anilines is 1. The summed E-state index contributed by atoms with van der Waals surface area (Å²) < 4.78 is 14.3. The summed E-state index contributed by atoms with van der Waals surface area (Å²) >= 11 is 1.46. The first kappa shape index (κ1) is 14.6. The molecule has 1 aliphatic rings. The van der Waals surface area contributed by atoms with Gasteiger partial charge in [-0.15, -0.1) is 0 Å². The van der Waals surface area contributed by atoms with Crippen molar-refractivity contribution >= 4 is 43.4 Å². The fourth-order valence-electron chi connectivity index (χ4n) is 3.31. The molecule has 1 amide bonds. The Bertz CT molecular complexity index is 883. The maximum atomic E-state index is 13.4. The summed E-state index contributed by atoms with van der Waals surface area (Å²) in [5.41, 5.74) is 0.841. The van der Waals surface area contributed by atoms with Gasteiger partial charge < -0.3 is 5.32 Å². The maximum Gasteiger partial charge on any atom is 0.229 e. The lowest BCUT2D eigenvalue weighted by Crippen LogP contribution is -2.24. The Kier molecular flexibility index (Phi) is 3.73. The fourth-order valence-corrected chi connectivity index (χ4v) is 4.31. The minimum Gasteiger partial charge on any atom is -0.302 e. The average molecular weight is 328 g/mol. The summed E-state index contributed by atoms with van der Waals surface area (Å²) in [4.78, 5) is 16.9. The lowest BCUT2D eigenvalue weighted by Gasteiger charge is -2.19. The molecular formula is C18H17FN2OS. The highest BCUT2D eigenvalue weighted by atomic mass is 32.1. The zero-order valence-corrected chi connectivity index (χ0v) is 13.5. The number of carbonyl (C=O) groups excluding carboxylic acids is 1. The number of carbonyl (C=O) groups is 1. The lowest BCUT2D eigenvalue weighted by atomic mass is 9.89. The number of halogens is 1. The Morgan fingerprint density at radius 2 is 2.00 bits per heavy atom. The molecular weight excluding hydrogens is 311 g/mol. The standard InChI is InChI=1S/C18H17FN2OS/c19-13-7-8-14-12(10-13)6-9-15-16(14)23-18(20-15)21-17(22)11-4-2-1-3-5-11/h6-11H,1-5H2,(H,20,21,22). The summed E-state index contributed by atoms with van der Waals surface area (Å²) in [5.74, 6) is -0.0482. The van der Waals surface area contributed by atoms with Gasteiger partial charge >= 0.3 is 0 Å². The number of amides is 1. The van der Waals surface area contributed by atoms with Crippen molar-refractivity contribution < 1.29 is 9.18 Å². The molecule has 3 nitrogen and oxygen atoms in total. The van der Waals surface area contributed by atoms with Gasteiger partial charge in [-0.3, -0.25) is 4.79 Å². The van der Waals surface area contributed by atoms with Crippen LogP contribution in [0.15, 0.2) is 30.3 Å². The first-order valence-corrected chi connectivity index (χ1v) is 8.82. The van der Waals surface area contributed by atoms with Crippen LogP contribution < -0.4 is 5.32 Å². The minimum absolute atomic E-state index is 0.0825. The smallest absolute Gasteiger partial charge is 0.229 e. The molecule has 1 saturated carbocycles. The van der Waals surface area contributed by atoms with Crippen LogP contribution in [-0.4, -0.2) is 10.9 Å². The quantitative estimate of drug-likeness (QED) is 0.710. The third kappa shape index (κ3) is 2.81. The van der Waals surface area contributed by atoms with Crippen molar-refractivity contribution in [2.75, 3.05) is 5.32 Å². The van der Waals surface area contributed by atoms with Crippen LogP contribution in [0.3, 0.4) is 0 Å². The molecule has 0 atom stereocenters. The summed E-state index contributed by atoms with van der Waals surface area (Å²) in [7, 11) is 0. The molecule has 4 rings (SSSR count). The van der Waals surface area contributed by atoms with Crippen molar-refractivity contribution in [1.82, 2.24) is 4.98 Å². The Morgan fingerprint density at radius 1 is 1.17 bits per heavy atom. The fraction of sp³-hybridized carbons (Fsp3) is 0.333. The first-order valence-electron chi connectivity index (χ1n) is 8.00. The van der Waals surface area contributed by atoms with E-state index in [9.17, 15) is 9.18 Å². The van der Waals surface area contributed by atoms with E-state index in [0.29, 0.717) is 5.13 Å². The highest BCUT2D eigenvalue weighted by Gasteiger charge is 2.22. The van der Waals surface area contributed by atoms with Crippen LogP contribution in [0.1, 0.15) is 32.1 Å². The summed E-state index contributed by atoms with van der Waals surface area (Å²) in [6.45, 7) is 0. The maximum absolute atomic E-state index is 13.4. The number of nitrogens with one attached hydrogen (secondary N) is 1. The molecule has 2 aromatic carbocycles. The van der Waals surface area contributed by atoms with Gasteiger partial charge in [0.25, 0.3) is 0 Å². The van der Waals surface area contributed by atoms with Crippen molar-refractivity contribution in [3.8, 4) is 0 Å². The van der Waals surface area contributed by atoms with Gasteiger partial charge in [0.05, 0.1) is 10.2 Å². The molecule has 1 fully saturated rings. The van der Waals surface area contributed by atoms with Gasteiger partial charge in [0.2, 0.25) is 5.91 Å². The van der Waals surface area contributed by atoms with Crippen molar-refractivity contribution in [3.05, 3.63) is 36.1 Å². The van der Waals surface area contributed by atoms with Gasteiger partial charge in [-0.05, 0) is 42.5 Å². The second kappa shape index (κ2) is 5.89. The van der Waals surface area contributed by atoms with Crippen LogP contribution in [0.4, 0.5) is 9.52 Å². The number of rotatable bonds is 2. The lowest BCUT2D eigenvalue weighted by molar-refractivity contribution is -0.120.